The van der Waals surface area contributed by atoms with Crippen molar-refractivity contribution in [2.45, 2.75) is 0 Å². The normalized spacial score (nSPS) is 11.5. The SMILES string of the molecule is CNc1c([O-])cccc1C=C(O)C(=O)NC=Cc1ccc(O)cc1. The predicted octanol–water partition coefficient (Wildman–Crippen LogP) is 2.19. The maximum absolute atomic E-state index is 11.9. The average Bonchev–Trinajstić information content (AvgIpc) is 2.56. The number of aliphatic hydroxyl groups excluding tert-OH is 1. The van der Waals surface area contributed by atoms with Crippen molar-refractivity contribution in [2.75, 3.05) is 12.4 Å². The van der Waals surface area contributed by atoms with E-state index in [9.17, 15) is 20.1 Å². The van der Waals surface area contributed by atoms with Gasteiger partial charge >= 0.3 is 0 Å². The first-order chi connectivity index (χ1) is 11.5. The number of hydrogen-bond acceptors (Lipinski definition) is 5. The molecule has 0 aliphatic carbocycles. The molecule has 4 N–H and O–H groups in total. The van der Waals surface area contributed by atoms with Gasteiger partial charge in [-0.2, -0.15) is 0 Å². The fourth-order valence-corrected chi connectivity index (χ4v) is 2.02. The summed E-state index contributed by atoms with van der Waals surface area (Å²) in [6.45, 7) is 0. The van der Waals surface area contributed by atoms with Crippen LogP contribution in [0.15, 0.2) is 54.4 Å². The molecule has 0 aromatic heterocycles. The molecule has 6 nitrogen and oxygen atoms in total. The van der Waals surface area contributed by atoms with E-state index in [4.69, 9.17) is 0 Å². The molecular formula is C18H17N2O4-. The van der Waals surface area contributed by atoms with E-state index in [2.05, 4.69) is 10.6 Å². The minimum absolute atomic E-state index is 0.151. The lowest BCUT2D eigenvalue weighted by Gasteiger charge is -2.15. The summed E-state index contributed by atoms with van der Waals surface area (Å²) in [4.78, 5) is 11.9. The van der Waals surface area contributed by atoms with E-state index >= 15 is 0 Å². The summed E-state index contributed by atoms with van der Waals surface area (Å²) in [5.41, 5.74) is 1.49. The third-order valence-electron chi connectivity index (χ3n) is 3.22. The first kappa shape index (κ1) is 17.0. The van der Waals surface area contributed by atoms with E-state index in [0.717, 1.165) is 5.56 Å². The molecule has 0 unspecified atom stereocenters. The molecule has 0 atom stereocenters. The summed E-state index contributed by atoms with van der Waals surface area (Å²) in [6, 6.07) is 10.9. The van der Waals surface area contributed by atoms with E-state index in [1.807, 2.05) is 0 Å². The van der Waals surface area contributed by atoms with E-state index in [1.54, 1.807) is 37.4 Å². The number of phenols is 1. The summed E-state index contributed by atoms with van der Waals surface area (Å²) in [6.07, 6.45) is 4.21. The zero-order valence-electron chi connectivity index (χ0n) is 13.0. The van der Waals surface area contributed by atoms with Gasteiger partial charge in [0.1, 0.15) is 5.75 Å². The van der Waals surface area contributed by atoms with Crippen LogP contribution in [0.4, 0.5) is 5.69 Å². The van der Waals surface area contributed by atoms with Crippen LogP contribution in [-0.2, 0) is 4.79 Å². The maximum atomic E-state index is 11.9. The van der Waals surface area contributed by atoms with Crippen molar-refractivity contribution in [3.05, 3.63) is 65.6 Å². The topological polar surface area (TPSA) is 105 Å². The van der Waals surface area contributed by atoms with Gasteiger partial charge in [-0.15, -0.1) is 0 Å². The third-order valence-corrected chi connectivity index (χ3v) is 3.22. The molecule has 24 heavy (non-hydrogen) atoms. The molecule has 0 saturated heterocycles. The van der Waals surface area contributed by atoms with Crippen molar-refractivity contribution in [3.63, 3.8) is 0 Å². The molecule has 0 fully saturated rings. The van der Waals surface area contributed by atoms with Crippen molar-refractivity contribution in [1.82, 2.24) is 5.32 Å². The van der Waals surface area contributed by atoms with Gasteiger partial charge in [0.15, 0.2) is 5.76 Å². The summed E-state index contributed by atoms with van der Waals surface area (Å²) < 4.78 is 0. The van der Waals surface area contributed by atoms with Gasteiger partial charge in [0.05, 0.1) is 0 Å². The highest BCUT2D eigenvalue weighted by Gasteiger charge is 2.07. The van der Waals surface area contributed by atoms with Gasteiger partial charge in [0, 0.05) is 24.5 Å². The van der Waals surface area contributed by atoms with Crippen molar-refractivity contribution < 1.29 is 20.1 Å². The van der Waals surface area contributed by atoms with E-state index in [1.165, 1.54) is 30.5 Å². The highest BCUT2D eigenvalue weighted by molar-refractivity contribution is 5.97. The molecule has 0 radical (unpaired) electrons. The number of aliphatic hydroxyl groups is 1. The number of benzene rings is 2. The molecule has 0 bridgehead atoms. The summed E-state index contributed by atoms with van der Waals surface area (Å²) >= 11 is 0. The summed E-state index contributed by atoms with van der Waals surface area (Å²) in [5, 5.41) is 35.9. The highest BCUT2D eigenvalue weighted by atomic mass is 16.3. The van der Waals surface area contributed by atoms with Gasteiger partial charge in [-0.25, -0.2) is 0 Å². The maximum Gasteiger partial charge on any atom is 0.290 e. The first-order valence-electron chi connectivity index (χ1n) is 7.16. The Morgan fingerprint density at radius 2 is 1.88 bits per heavy atom. The number of hydrogen-bond donors (Lipinski definition) is 4. The Morgan fingerprint density at radius 1 is 1.17 bits per heavy atom. The molecule has 1 amide bonds. The summed E-state index contributed by atoms with van der Waals surface area (Å²) in [7, 11) is 1.59. The van der Waals surface area contributed by atoms with Crippen LogP contribution >= 0.6 is 0 Å². The monoisotopic (exact) mass is 325 g/mol. The quantitative estimate of drug-likeness (QED) is 0.498. The fraction of sp³-hybridized carbons (Fsp3) is 0.0556. The van der Waals surface area contributed by atoms with Crippen LogP contribution < -0.4 is 15.7 Å². The number of para-hydroxylation sites is 1. The van der Waals surface area contributed by atoms with Gasteiger partial charge in [0.2, 0.25) is 0 Å². The van der Waals surface area contributed by atoms with Gasteiger partial charge in [-0.05, 0) is 29.8 Å². The summed E-state index contributed by atoms with van der Waals surface area (Å²) in [5.74, 6) is -1.31. The molecule has 2 aromatic carbocycles. The van der Waals surface area contributed by atoms with Crippen LogP contribution in [0.3, 0.4) is 0 Å². The smallest absolute Gasteiger partial charge is 0.290 e. The van der Waals surface area contributed by atoms with Crippen LogP contribution in [0, 0.1) is 0 Å². The van der Waals surface area contributed by atoms with Crippen molar-refractivity contribution in [1.29, 1.82) is 0 Å². The molecule has 2 aromatic rings. The number of anilines is 1. The second-order valence-corrected chi connectivity index (χ2v) is 4.90. The Balaban J connectivity index is 2.06. The fourth-order valence-electron chi connectivity index (χ4n) is 2.02. The Labute approximate surface area is 139 Å². The number of carbonyl (C=O) groups is 1. The van der Waals surface area contributed by atoms with Gasteiger partial charge in [0.25, 0.3) is 5.91 Å². The standard InChI is InChI=1S/C18H18N2O4/c1-19-17-13(3-2-4-15(17)22)11-16(23)18(24)20-10-9-12-5-7-14(21)8-6-12/h2-11,19,21-23H,1H3,(H,20,24)/p-1. The number of aromatic hydroxyl groups is 1. The van der Waals surface area contributed by atoms with E-state index < -0.39 is 11.7 Å². The van der Waals surface area contributed by atoms with Gasteiger partial charge < -0.3 is 26.0 Å². The third kappa shape index (κ3) is 4.30. The Morgan fingerprint density at radius 3 is 2.54 bits per heavy atom. The van der Waals surface area contributed by atoms with Crippen molar-refractivity contribution >= 4 is 23.7 Å². The lowest BCUT2D eigenvalue weighted by Crippen LogP contribution is -2.18. The molecule has 0 aliphatic heterocycles. The zero-order chi connectivity index (χ0) is 17.5. The lowest BCUT2D eigenvalue weighted by atomic mass is 10.1. The van der Waals surface area contributed by atoms with Crippen molar-refractivity contribution in [3.8, 4) is 11.5 Å². The van der Waals surface area contributed by atoms with Crippen LogP contribution in [0.25, 0.3) is 12.2 Å². The van der Waals surface area contributed by atoms with Gasteiger partial charge in [-0.3, -0.25) is 4.79 Å². The highest BCUT2D eigenvalue weighted by Crippen LogP contribution is 2.25. The molecular weight excluding hydrogens is 308 g/mol. The number of phenolic OH excluding ortho intramolecular Hbond substituents is 1. The number of nitrogens with one attached hydrogen (secondary N) is 2. The van der Waals surface area contributed by atoms with Crippen LogP contribution in [0.5, 0.6) is 11.5 Å². The number of carbonyl (C=O) groups excluding carboxylic acids is 1. The van der Waals surface area contributed by atoms with E-state index in [-0.39, 0.29) is 11.5 Å². The molecule has 0 heterocycles. The van der Waals surface area contributed by atoms with Gasteiger partial charge in [-0.1, -0.05) is 36.1 Å². The minimum Gasteiger partial charge on any atom is -0.871 e. The Bertz CT molecular complexity index is 780. The second-order valence-electron chi connectivity index (χ2n) is 4.90. The predicted molar refractivity (Wildman–Crippen MR) is 91.3 cm³/mol. The first-order valence-corrected chi connectivity index (χ1v) is 7.16. The van der Waals surface area contributed by atoms with Crippen molar-refractivity contribution in [2.24, 2.45) is 0 Å². The van der Waals surface area contributed by atoms with Crippen LogP contribution in [0.2, 0.25) is 0 Å². The Hall–Kier alpha value is -3.41. The Kier molecular flexibility index (Phi) is 5.46. The molecule has 6 heteroatoms. The minimum atomic E-state index is -0.705. The lowest BCUT2D eigenvalue weighted by molar-refractivity contribution is -0.267. The zero-order valence-corrected chi connectivity index (χ0v) is 13.0. The molecule has 0 saturated carbocycles. The van der Waals surface area contributed by atoms with E-state index in [0.29, 0.717) is 11.3 Å². The van der Waals surface area contributed by atoms with Crippen LogP contribution in [-0.4, -0.2) is 23.2 Å². The molecule has 0 aliphatic rings. The molecule has 124 valence electrons. The number of amides is 1. The number of rotatable bonds is 5. The average molecular weight is 325 g/mol. The van der Waals surface area contributed by atoms with Crippen LogP contribution in [0.1, 0.15) is 11.1 Å². The molecule has 2 rings (SSSR count). The second kappa shape index (κ2) is 7.73. The largest absolute Gasteiger partial charge is 0.871 e. The molecule has 0 spiro atoms.